The highest BCUT2D eigenvalue weighted by Gasteiger charge is 2.15. The summed E-state index contributed by atoms with van der Waals surface area (Å²) in [5, 5.41) is 0.697. The fraction of sp³-hybridized carbons (Fsp3) is 0.636. The van der Waals surface area contributed by atoms with Crippen LogP contribution in [0.15, 0.2) is 11.2 Å². The van der Waals surface area contributed by atoms with Crippen LogP contribution in [0.1, 0.15) is 13.8 Å². The maximum Gasteiger partial charge on any atom is 0.191 e. The molecule has 0 spiro atoms. The molecule has 0 fully saturated rings. The molecule has 6 heteroatoms. The molecule has 17 heavy (non-hydrogen) atoms. The average Bonchev–Trinajstić information content (AvgIpc) is 2.29. The third-order valence-electron chi connectivity index (χ3n) is 2.47. The number of likely N-dealkylation sites (N-methyl/N-ethyl adjacent to an activating group) is 1. The molecule has 1 unspecified atom stereocenters. The zero-order valence-corrected chi connectivity index (χ0v) is 11.6. The van der Waals surface area contributed by atoms with Crippen molar-refractivity contribution in [2.24, 2.45) is 0 Å². The molecular formula is C11H20N4OS. The Morgan fingerprint density at radius 1 is 1.53 bits per heavy atom. The Labute approximate surface area is 107 Å². The highest BCUT2D eigenvalue weighted by Crippen LogP contribution is 2.20. The molecule has 0 bridgehead atoms. The van der Waals surface area contributed by atoms with E-state index in [9.17, 15) is 0 Å². The van der Waals surface area contributed by atoms with E-state index in [-0.39, 0.29) is 6.04 Å². The summed E-state index contributed by atoms with van der Waals surface area (Å²) in [4.78, 5) is 10.8. The Bertz CT molecular complexity index is 361. The minimum absolute atomic E-state index is 0.258. The molecule has 1 heterocycles. The summed E-state index contributed by atoms with van der Waals surface area (Å²) in [6.07, 6.45) is 1.94. The molecule has 0 saturated carbocycles. The minimum atomic E-state index is 0.258. The number of hydrogen-bond acceptors (Lipinski definition) is 6. The smallest absolute Gasteiger partial charge is 0.191 e. The number of rotatable bonds is 6. The Morgan fingerprint density at radius 2 is 2.24 bits per heavy atom. The number of ether oxygens (including phenoxy) is 1. The van der Waals surface area contributed by atoms with Crippen molar-refractivity contribution >= 4 is 23.4 Å². The van der Waals surface area contributed by atoms with Crippen molar-refractivity contribution in [3.63, 3.8) is 0 Å². The summed E-state index contributed by atoms with van der Waals surface area (Å²) in [7, 11) is 1.70. The van der Waals surface area contributed by atoms with Crippen LogP contribution in [0.4, 0.5) is 11.6 Å². The monoisotopic (exact) mass is 256 g/mol. The van der Waals surface area contributed by atoms with Gasteiger partial charge >= 0.3 is 0 Å². The van der Waals surface area contributed by atoms with Gasteiger partial charge in [0, 0.05) is 19.7 Å². The predicted molar refractivity (Wildman–Crippen MR) is 72.6 cm³/mol. The number of nitrogens with two attached hydrogens (primary N) is 1. The molecule has 1 aromatic rings. The highest BCUT2D eigenvalue weighted by atomic mass is 32.2. The molecule has 0 aliphatic carbocycles. The van der Waals surface area contributed by atoms with Gasteiger partial charge in [-0.3, -0.25) is 0 Å². The number of hydrogen-bond donors (Lipinski definition) is 1. The lowest BCUT2D eigenvalue weighted by Crippen LogP contribution is -2.36. The number of aromatic nitrogens is 2. The van der Waals surface area contributed by atoms with Gasteiger partial charge in [0.25, 0.3) is 0 Å². The van der Waals surface area contributed by atoms with Crippen molar-refractivity contribution in [2.45, 2.75) is 25.0 Å². The summed E-state index contributed by atoms with van der Waals surface area (Å²) in [6, 6.07) is 2.06. The first kappa shape index (κ1) is 14.1. The van der Waals surface area contributed by atoms with Crippen molar-refractivity contribution in [1.29, 1.82) is 0 Å². The fourth-order valence-electron chi connectivity index (χ4n) is 1.70. The van der Waals surface area contributed by atoms with Gasteiger partial charge < -0.3 is 15.4 Å². The molecule has 0 aliphatic heterocycles. The van der Waals surface area contributed by atoms with Gasteiger partial charge in [0.05, 0.1) is 12.6 Å². The van der Waals surface area contributed by atoms with Gasteiger partial charge in [-0.1, -0.05) is 11.8 Å². The molecule has 0 aromatic carbocycles. The van der Waals surface area contributed by atoms with Gasteiger partial charge in [-0.25, -0.2) is 9.97 Å². The van der Waals surface area contributed by atoms with Gasteiger partial charge in [-0.2, -0.15) is 0 Å². The van der Waals surface area contributed by atoms with Gasteiger partial charge in [0.1, 0.15) is 11.6 Å². The molecule has 0 amide bonds. The molecule has 96 valence electrons. The Balaban J connectivity index is 2.98. The van der Waals surface area contributed by atoms with Gasteiger partial charge in [0.15, 0.2) is 5.16 Å². The van der Waals surface area contributed by atoms with E-state index in [1.807, 2.05) is 6.26 Å². The van der Waals surface area contributed by atoms with E-state index in [0.717, 1.165) is 12.4 Å². The van der Waals surface area contributed by atoms with Crippen LogP contribution < -0.4 is 10.6 Å². The number of thioether (sulfide) groups is 1. The summed E-state index contributed by atoms with van der Waals surface area (Å²) in [5.41, 5.74) is 5.78. The number of anilines is 2. The average molecular weight is 256 g/mol. The lowest BCUT2D eigenvalue weighted by molar-refractivity contribution is 0.181. The first-order chi connectivity index (χ1) is 8.12. The fourth-order valence-corrected chi connectivity index (χ4v) is 2.08. The van der Waals surface area contributed by atoms with Crippen LogP contribution in [-0.4, -0.2) is 42.5 Å². The van der Waals surface area contributed by atoms with Crippen LogP contribution in [0.2, 0.25) is 0 Å². The topological polar surface area (TPSA) is 64.3 Å². The van der Waals surface area contributed by atoms with E-state index in [4.69, 9.17) is 10.5 Å². The van der Waals surface area contributed by atoms with E-state index >= 15 is 0 Å². The van der Waals surface area contributed by atoms with Crippen LogP contribution in [0.5, 0.6) is 0 Å². The zero-order chi connectivity index (χ0) is 12.8. The minimum Gasteiger partial charge on any atom is -0.383 e. The number of nitrogens with zero attached hydrogens (tertiary/aromatic N) is 3. The maximum atomic E-state index is 5.78. The third kappa shape index (κ3) is 3.74. The van der Waals surface area contributed by atoms with Crippen molar-refractivity contribution < 1.29 is 4.74 Å². The standard InChI is InChI=1S/C11H20N4OS/c1-5-15(8(2)7-16-3)10-6-9(12)13-11(14-10)17-4/h6,8H,5,7H2,1-4H3,(H2,12,13,14). The molecule has 1 aromatic heterocycles. The van der Waals surface area contributed by atoms with Crippen molar-refractivity contribution in [3.05, 3.63) is 6.07 Å². The normalized spacial score (nSPS) is 12.5. The summed E-state index contributed by atoms with van der Waals surface area (Å²) >= 11 is 1.49. The molecule has 1 rings (SSSR count). The summed E-state index contributed by atoms with van der Waals surface area (Å²) in [6.45, 7) is 5.70. The van der Waals surface area contributed by atoms with Crippen LogP contribution in [-0.2, 0) is 4.74 Å². The van der Waals surface area contributed by atoms with Crippen LogP contribution in [0, 0.1) is 0 Å². The largest absolute Gasteiger partial charge is 0.383 e. The van der Waals surface area contributed by atoms with Crippen LogP contribution >= 0.6 is 11.8 Å². The SMILES string of the molecule is CCN(c1cc(N)nc(SC)n1)C(C)COC. The highest BCUT2D eigenvalue weighted by molar-refractivity contribution is 7.98. The Kier molecular flexibility index (Phi) is 5.50. The van der Waals surface area contributed by atoms with E-state index < -0.39 is 0 Å². The van der Waals surface area contributed by atoms with E-state index in [1.165, 1.54) is 11.8 Å². The lowest BCUT2D eigenvalue weighted by atomic mass is 10.3. The molecule has 0 aliphatic rings. The third-order valence-corrected chi connectivity index (χ3v) is 3.02. The lowest BCUT2D eigenvalue weighted by Gasteiger charge is -2.28. The molecular weight excluding hydrogens is 236 g/mol. The number of methoxy groups -OCH3 is 1. The molecule has 0 saturated heterocycles. The van der Waals surface area contributed by atoms with E-state index in [0.29, 0.717) is 17.6 Å². The number of nitrogen functional groups attached to an aromatic ring is 1. The van der Waals surface area contributed by atoms with Crippen LogP contribution in [0.3, 0.4) is 0 Å². The molecule has 1 atom stereocenters. The zero-order valence-electron chi connectivity index (χ0n) is 10.8. The first-order valence-corrected chi connectivity index (χ1v) is 6.79. The van der Waals surface area contributed by atoms with Crippen molar-refractivity contribution in [3.8, 4) is 0 Å². The van der Waals surface area contributed by atoms with Crippen molar-refractivity contribution in [1.82, 2.24) is 9.97 Å². The maximum absolute atomic E-state index is 5.78. The second-order valence-electron chi connectivity index (χ2n) is 3.73. The molecule has 5 nitrogen and oxygen atoms in total. The molecule has 0 radical (unpaired) electrons. The summed E-state index contributed by atoms with van der Waals surface area (Å²) in [5.74, 6) is 1.36. The summed E-state index contributed by atoms with van der Waals surface area (Å²) < 4.78 is 5.17. The van der Waals surface area contributed by atoms with E-state index in [1.54, 1.807) is 13.2 Å². The van der Waals surface area contributed by atoms with Crippen molar-refractivity contribution in [2.75, 3.05) is 37.2 Å². The Hall–Kier alpha value is -1.01. The van der Waals surface area contributed by atoms with Crippen LogP contribution in [0.25, 0.3) is 0 Å². The predicted octanol–water partition coefficient (Wildman–Crippen LogP) is 1.64. The first-order valence-electron chi connectivity index (χ1n) is 5.56. The molecule has 2 N–H and O–H groups in total. The van der Waals surface area contributed by atoms with Gasteiger partial charge in [-0.15, -0.1) is 0 Å². The second kappa shape index (κ2) is 6.66. The van der Waals surface area contributed by atoms with Gasteiger partial charge in [-0.05, 0) is 20.1 Å². The van der Waals surface area contributed by atoms with E-state index in [2.05, 4.69) is 28.7 Å². The second-order valence-corrected chi connectivity index (χ2v) is 4.50. The Morgan fingerprint density at radius 3 is 2.76 bits per heavy atom. The van der Waals surface area contributed by atoms with Gasteiger partial charge in [0.2, 0.25) is 0 Å². The quantitative estimate of drug-likeness (QED) is 0.616.